The normalized spacial score (nSPS) is 15.4. The van der Waals surface area contributed by atoms with E-state index in [1.54, 1.807) is 6.07 Å². The number of hydrogen-bond acceptors (Lipinski definition) is 2. The number of thiocarbonyl (C=S) groups is 1. The number of nitrogens with zero attached hydrogens (tertiary/aromatic N) is 2. The molecule has 0 aromatic heterocycles. The quantitative estimate of drug-likeness (QED) is 0.775. The van der Waals surface area contributed by atoms with Crippen LogP contribution in [0.2, 0.25) is 5.02 Å². The van der Waals surface area contributed by atoms with Gasteiger partial charge in [0.25, 0.3) is 0 Å². The van der Waals surface area contributed by atoms with Crippen LogP contribution in [-0.2, 0) is 0 Å². The Labute approximate surface area is 164 Å². The van der Waals surface area contributed by atoms with Gasteiger partial charge < -0.3 is 10.2 Å². The number of halogens is 2. The van der Waals surface area contributed by atoms with Crippen LogP contribution in [0.3, 0.4) is 0 Å². The zero-order valence-electron chi connectivity index (χ0n) is 14.4. The predicted molar refractivity (Wildman–Crippen MR) is 111 cm³/mol. The molecule has 0 unspecified atom stereocenters. The standard InChI is InChI=1S/C20H21ClFN3S/c21-18-9-8-17(15-19(18)22)23-20(26)25-13-11-24(12-14-25)10-4-7-16-5-2-1-3-6-16/h1-9,15H,10-14H2,(H,23,26). The summed E-state index contributed by atoms with van der Waals surface area (Å²) in [5, 5.41) is 3.81. The average Bonchev–Trinajstić information content (AvgIpc) is 2.66. The third-order valence-corrected chi connectivity index (χ3v) is 4.97. The summed E-state index contributed by atoms with van der Waals surface area (Å²) >= 11 is 11.2. The molecule has 1 aliphatic rings. The first-order chi connectivity index (χ1) is 12.6. The first-order valence-electron chi connectivity index (χ1n) is 8.57. The summed E-state index contributed by atoms with van der Waals surface area (Å²) in [5.74, 6) is -0.450. The minimum Gasteiger partial charge on any atom is -0.346 e. The van der Waals surface area contributed by atoms with E-state index in [4.69, 9.17) is 23.8 Å². The van der Waals surface area contributed by atoms with Gasteiger partial charge in [-0.2, -0.15) is 0 Å². The molecule has 0 bridgehead atoms. The molecule has 0 spiro atoms. The lowest BCUT2D eigenvalue weighted by atomic mass is 10.2. The maximum atomic E-state index is 13.5. The highest BCUT2D eigenvalue weighted by Crippen LogP contribution is 2.19. The third kappa shape index (κ3) is 5.27. The molecular formula is C20H21ClFN3S. The monoisotopic (exact) mass is 389 g/mol. The van der Waals surface area contributed by atoms with Gasteiger partial charge in [-0.25, -0.2) is 4.39 Å². The van der Waals surface area contributed by atoms with Crippen molar-refractivity contribution >= 4 is 40.7 Å². The van der Waals surface area contributed by atoms with Gasteiger partial charge >= 0.3 is 0 Å². The average molecular weight is 390 g/mol. The maximum absolute atomic E-state index is 13.5. The molecule has 3 rings (SSSR count). The summed E-state index contributed by atoms with van der Waals surface area (Å²) in [5.41, 5.74) is 1.83. The van der Waals surface area contributed by atoms with Gasteiger partial charge in [-0.15, -0.1) is 0 Å². The Bertz CT molecular complexity index is 774. The summed E-state index contributed by atoms with van der Waals surface area (Å²) < 4.78 is 13.5. The van der Waals surface area contributed by atoms with Crippen molar-refractivity contribution in [2.75, 3.05) is 38.0 Å². The van der Waals surface area contributed by atoms with Crippen LogP contribution in [-0.4, -0.2) is 47.6 Å². The Morgan fingerprint density at radius 3 is 2.54 bits per heavy atom. The second-order valence-corrected chi connectivity index (χ2v) is 6.95. The first-order valence-corrected chi connectivity index (χ1v) is 9.35. The van der Waals surface area contributed by atoms with Crippen LogP contribution in [0, 0.1) is 5.82 Å². The van der Waals surface area contributed by atoms with E-state index in [1.165, 1.54) is 17.7 Å². The minimum atomic E-state index is -0.450. The Morgan fingerprint density at radius 1 is 1.12 bits per heavy atom. The van der Waals surface area contributed by atoms with Gasteiger partial charge in [0.1, 0.15) is 5.82 Å². The zero-order valence-corrected chi connectivity index (χ0v) is 15.9. The molecule has 0 saturated carbocycles. The van der Waals surface area contributed by atoms with Crippen LogP contribution in [0.1, 0.15) is 5.56 Å². The van der Waals surface area contributed by atoms with E-state index in [1.807, 2.05) is 18.2 Å². The summed E-state index contributed by atoms with van der Waals surface area (Å²) in [6.07, 6.45) is 4.34. The van der Waals surface area contributed by atoms with E-state index in [9.17, 15) is 4.39 Å². The van der Waals surface area contributed by atoms with Crippen LogP contribution in [0.25, 0.3) is 6.08 Å². The Kier molecular flexibility index (Phi) is 6.61. The van der Waals surface area contributed by atoms with Gasteiger partial charge in [0.05, 0.1) is 5.02 Å². The third-order valence-electron chi connectivity index (χ3n) is 4.30. The molecule has 0 radical (unpaired) electrons. The molecule has 0 amide bonds. The fraction of sp³-hybridized carbons (Fsp3) is 0.250. The van der Waals surface area contributed by atoms with Gasteiger partial charge in [-0.1, -0.05) is 54.1 Å². The van der Waals surface area contributed by atoms with Gasteiger partial charge in [-0.05, 0) is 36.0 Å². The van der Waals surface area contributed by atoms with Crippen LogP contribution in [0.15, 0.2) is 54.6 Å². The molecule has 6 heteroatoms. The smallest absolute Gasteiger partial charge is 0.173 e. The summed E-state index contributed by atoms with van der Waals surface area (Å²) in [4.78, 5) is 4.50. The number of nitrogens with one attached hydrogen (secondary N) is 1. The van der Waals surface area contributed by atoms with Gasteiger partial charge in [0, 0.05) is 38.4 Å². The number of anilines is 1. The minimum absolute atomic E-state index is 0.110. The molecule has 2 aromatic rings. The van der Waals surface area contributed by atoms with Gasteiger partial charge in [0.15, 0.2) is 5.11 Å². The molecule has 1 aliphatic heterocycles. The molecule has 1 N–H and O–H groups in total. The summed E-state index contributed by atoms with van der Waals surface area (Å²) in [6.45, 7) is 4.50. The SMILES string of the molecule is Fc1cc(NC(=S)N2CCN(CC=Cc3ccccc3)CC2)ccc1Cl. The van der Waals surface area contributed by atoms with Crippen LogP contribution in [0.5, 0.6) is 0 Å². The molecule has 2 aromatic carbocycles. The molecule has 3 nitrogen and oxygen atoms in total. The fourth-order valence-electron chi connectivity index (χ4n) is 2.81. The lowest BCUT2D eigenvalue weighted by Gasteiger charge is -2.35. The molecule has 1 saturated heterocycles. The largest absolute Gasteiger partial charge is 0.346 e. The molecule has 1 heterocycles. The zero-order chi connectivity index (χ0) is 18.4. The molecular weight excluding hydrogens is 369 g/mol. The second kappa shape index (κ2) is 9.12. The van der Waals surface area contributed by atoms with Crippen molar-refractivity contribution in [1.29, 1.82) is 0 Å². The predicted octanol–water partition coefficient (Wildman–Crippen LogP) is 4.51. The number of benzene rings is 2. The van der Waals surface area contributed by atoms with Crippen molar-refractivity contribution < 1.29 is 4.39 Å². The van der Waals surface area contributed by atoms with Gasteiger partial charge in [-0.3, -0.25) is 4.90 Å². The van der Waals surface area contributed by atoms with E-state index in [2.05, 4.69) is 39.4 Å². The van der Waals surface area contributed by atoms with E-state index >= 15 is 0 Å². The highest BCUT2D eigenvalue weighted by Gasteiger charge is 2.18. The second-order valence-electron chi connectivity index (χ2n) is 6.16. The Balaban J connectivity index is 1.44. The molecule has 26 heavy (non-hydrogen) atoms. The van der Waals surface area contributed by atoms with E-state index in [0.29, 0.717) is 10.8 Å². The highest BCUT2D eigenvalue weighted by molar-refractivity contribution is 7.80. The molecule has 0 aliphatic carbocycles. The van der Waals surface area contributed by atoms with Crippen molar-refractivity contribution in [3.8, 4) is 0 Å². The molecule has 1 fully saturated rings. The van der Waals surface area contributed by atoms with Gasteiger partial charge in [0.2, 0.25) is 0 Å². The van der Waals surface area contributed by atoms with Crippen molar-refractivity contribution in [2.24, 2.45) is 0 Å². The Morgan fingerprint density at radius 2 is 1.85 bits per heavy atom. The van der Waals surface area contributed by atoms with E-state index < -0.39 is 5.82 Å². The topological polar surface area (TPSA) is 18.5 Å². The van der Waals surface area contributed by atoms with Crippen molar-refractivity contribution in [1.82, 2.24) is 9.80 Å². The Hall–Kier alpha value is -1.95. The molecule has 136 valence electrons. The number of piperazine rings is 1. The highest BCUT2D eigenvalue weighted by atomic mass is 35.5. The van der Waals surface area contributed by atoms with Crippen LogP contribution < -0.4 is 5.32 Å². The van der Waals surface area contributed by atoms with Crippen molar-refractivity contribution in [2.45, 2.75) is 0 Å². The number of rotatable bonds is 4. The maximum Gasteiger partial charge on any atom is 0.173 e. The van der Waals surface area contributed by atoms with E-state index in [0.717, 1.165) is 32.7 Å². The first kappa shape index (κ1) is 18.8. The lowest BCUT2D eigenvalue weighted by Crippen LogP contribution is -2.49. The summed E-state index contributed by atoms with van der Waals surface area (Å²) in [7, 11) is 0. The van der Waals surface area contributed by atoms with Crippen LogP contribution >= 0.6 is 23.8 Å². The van der Waals surface area contributed by atoms with E-state index in [-0.39, 0.29) is 5.02 Å². The van der Waals surface area contributed by atoms with Crippen molar-refractivity contribution in [3.63, 3.8) is 0 Å². The lowest BCUT2D eigenvalue weighted by molar-refractivity contribution is 0.200. The number of hydrogen-bond donors (Lipinski definition) is 1. The van der Waals surface area contributed by atoms with Crippen molar-refractivity contribution in [3.05, 3.63) is 71.0 Å². The summed E-state index contributed by atoms with van der Waals surface area (Å²) in [6, 6.07) is 14.9. The van der Waals surface area contributed by atoms with Crippen LogP contribution in [0.4, 0.5) is 10.1 Å². The fourth-order valence-corrected chi connectivity index (χ4v) is 3.23. The molecule has 0 atom stereocenters.